The number of nitrogen functional groups attached to an aromatic ring is 1. The zero-order valence-electron chi connectivity index (χ0n) is 9.29. The van der Waals surface area contributed by atoms with Crippen LogP contribution in [-0.4, -0.2) is 0 Å². The van der Waals surface area contributed by atoms with Gasteiger partial charge in [0.2, 0.25) is 0 Å². The minimum atomic E-state index is -0.395. The SMILES string of the molecule is Nc1cc(Br)ccc1COc1cc(Br)ccc1F. The fourth-order valence-corrected chi connectivity index (χ4v) is 2.16. The van der Waals surface area contributed by atoms with Crippen LogP contribution in [0.2, 0.25) is 0 Å². The number of hydrogen-bond donors (Lipinski definition) is 1. The Morgan fingerprint density at radius 1 is 1.06 bits per heavy atom. The molecule has 0 saturated carbocycles. The third-order valence-corrected chi connectivity index (χ3v) is 3.37. The molecule has 0 heterocycles. The lowest BCUT2D eigenvalue weighted by Crippen LogP contribution is -2.01. The van der Waals surface area contributed by atoms with Gasteiger partial charge in [0, 0.05) is 20.2 Å². The Hall–Kier alpha value is -1.07. The summed E-state index contributed by atoms with van der Waals surface area (Å²) in [4.78, 5) is 0. The van der Waals surface area contributed by atoms with E-state index in [4.69, 9.17) is 10.5 Å². The number of benzene rings is 2. The number of rotatable bonds is 3. The Bertz CT molecular complexity index is 575. The second kappa shape index (κ2) is 5.71. The van der Waals surface area contributed by atoms with E-state index in [1.807, 2.05) is 12.1 Å². The van der Waals surface area contributed by atoms with E-state index in [0.717, 1.165) is 14.5 Å². The minimum absolute atomic E-state index is 0.201. The first kappa shape index (κ1) is 13.4. The number of hydrogen-bond acceptors (Lipinski definition) is 2. The molecule has 0 radical (unpaired) electrons. The zero-order chi connectivity index (χ0) is 13.1. The first-order valence-electron chi connectivity index (χ1n) is 5.18. The molecule has 2 aromatic carbocycles. The van der Waals surface area contributed by atoms with E-state index < -0.39 is 5.82 Å². The standard InChI is InChI=1S/C13H10Br2FNO/c14-9-2-1-8(12(17)5-9)7-18-13-6-10(15)3-4-11(13)16/h1-6H,7,17H2. The van der Waals surface area contributed by atoms with E-state index in [1.165, 1.54) is 6.07 Å². The van der Waals surface area contributed by atoms with Crippen molar-refractivity contribution in [1.29, 1.82) is 0 Å². The molecule has 0 amide bonds. The average molecular weight is 375 g/mol. The topological polar surface area (TPSA) is 35.2 Å². The molecule has 2 rings (SSSR count). The fraction of sp³-hybridized carbons (Fsp3) is 0.0769. The van der Waals surface area contributed by atoms with Crippen molar-refractivity contribution in [2.75, 3.05) is 5.73 Å². The second-order valence-corrected chi connectivity index (χ2v) is 5.54. The van der Waals surface area contributed by atoms with Gasteiger partial charge in [0.15, 0.2) is 11.6 Å². The summed E-state index contributed by atoms with van der Waals surface area (Å²) in [6.07, 6.45) is 0. The van der Waals surface area contributed by atoms with Gasteiger partial charge < -0.3 is 10.5 Å². The van der Waals surface area contributed by atoms with Crippen LogP contribution in [0.15, 0.2) is 45.3 Å². The van der Waals surface area contributed by atoms with E-state index in [-0.39, 0.29) is 12.4 Å². The number of halogens is 3. The van der Waals surface area contributed by atoms with Gasteiger partial charge >= 0.3 is 0 Å². The van der Waals surface area contributed by atoms with Crippen LogP contribution in [0.1, 0.15) is 5.56 Å². The Labute approximate surface area is 121 Å². The Morgan fingerprint density at radius 2 is 1.72 bits per heavy atom. The first-order valence-corrected chi connectivity index (χ1v) is 6.76. The molecule has 0 spiro atoms. The molecule has 0 bridgehead atoms. The van der Waals surface area contributed by atoms with Gasteiger partial charge in [-0.3, -0.25) is 0 Å². The molecule has 0 aliphatic carbocycles. The van der Waals surface area contributed by atoms with Crippen molar-refractivity contribution in [3.63, 3.8) is 0 Å². The van der Waals surface area contributed by atoms with Crippen LogP contribution in [0.25, 0.3) is 0 Å². The van der Waals surface area contributed by atoms with Gasteiger partial charge in [-0.25, -0.2) is 4.39 Å². The van der Waals surface area contributed by atoms with E-state index in [9.17, 15) is 4.39 Å². The second-order valence-electron chi connectivity index (χ2n) is 3.71. The molecule has 2 N–H and O–H groups in total. The van der Waals surface area contributed by atoms with Crippen LogP contribution < -0.4 is 10.5 Å². The van der Waals surface area contributed by atoms with Gasteiger partial charge in [-0.15, -0.1) is 0 Å². The molecule has 2 aromatic rings. The van der Waals surface area contributed by atoms with Gasteiger partial charge in [-0.05, 0) is 30.3 Å². The summed E-state index contributed by atoms with van der Waals surface area (Å²) in [5.74, 6) is -0.194. The quantitative estimate of drug-likeness (QED) is 0.802. The van der Waals surface area contributed by atoms with Crippen molar-refractivity contribution in [2.24, 2.45) is 0 Å². The van der Waals surface area contributed by atoms with Gasteiger partial charge in [0.25, 0.3) is 0 Å². The van der Waals surface area contributed by atoms with E-state index in [1.54, 1.807) is 18.2 Å². The zero-order valence-corrected chi connectivity index (χ0v) is 12.5. The van der Waals surface area contributed by atoms with Crippen LogP contribution in [0, 0.1) is 5.82 Å². The summed E-state index contributed by atoms with van der Waals surface area (Å²) in [6, 6.07) is 10.1. The summed E-state index contributed by atoms with van der Waals surface area (Å²) in [7, 11) is 0. The minimum Gasteiger partial charge on any atom is -0.486 e. The average Bonchev–Trinajstić information content (AvgIpc) is 2.32. The maximum absolute atomic E-state index is 13.5. The molecule has 0 unspecified atom stereocenters. The van der Waals surface area contributed by atoms with Crippen molar-refractivity contribution >= 4 is 37.5 Å². The molecule has 0 aliphatic rings. The predicted octanol–water partition coefficient (Wildman–Crippen LogP) is 4.51. The van der Waals surface area contributed by atoms with Crippen LogP contribution in [-0.2, 0) is 6.61 Å². The van der Waals surface area contributed by atoms with Crippen LogP contribution >= 0.6 is 31.9 Å². The van der Waals surface area contributed by atoms with Gasteiger partial charge in [0.1, 0.15) is 6.61 Å². The monoisotopic (exact) mass is 373 g/mol. The molecule has 0 saturated heterocycles. The molecule has 0 fully saturated rings. The van der Waals surface area contributed by atoms with Crippen molar-refractivity contribution < 1.29 is 9.13 Å². The molecule has 2 nitrogen and oxygen atoms in total. The van der Waals surface area contributed by atoms with Crippen molar-refractivity contribution in [2.45, 2.75) is 6.61 Å². The highest BCUT2D eigenvalue weighted by atomic mass is 79.9. The summed E-state index contributed by atoms with van der Waals surface area (Å²) in [6.45, 7) is 0.229. The van der Waals surface area contributed by atoms with Gasteiger partial charge in [0.05, 0.1) is 0 Å². The molecule has 5 heteroatoms. The van der Waals surface area contributed by atoms with Crippen molar-refractivity contribution in [3.8, 4) is 5.75 Å². The number of ether oxygens (including phenoxy) is 1. The highest BCUT2D eigenvalue weighted by molar-refractivity contribution is 9.10. The van der Waals surface area contributed by atoms with Crippen LogP contribution in [0.4, 0.5) is 10.1 Å². The lowest BCUT2D eigenvalue weighted by Gasteiger charge is -2.10. The smallest absolute Gasteiger partial charge is 0.165 e. The maximum atomic E-state index is 13.5. The molecule has 0 aromatic heterocycles. The lowest BCUT2D eigenvalue weighted by molar-refractivity contribution is 0.290. The molecule has 0 atom stereocenters. The molecule has 0 aliphatic heterocycles. The third-order valence-electron chi connectivity index (χ3n) is 2.38. The summed E-state index contributed by atoms with van der Waals surface area (Å²) < 4.78 is 20.5. The third kappa shape index (κ3) is 3.23. The van der Waals surface area contributed by atoms with E-state index >= 15 is 0 Å². The predicted molar refractivity (Wildman–Crippen MR) is 77.0 cm³/mol. The Morgan fingerprint density at radius 3 is 2.44 bits per heavy atom. The molecule has 94 valence electrons. The summed E-state index contributed by atoms with van der Waals surface area (Å²) in [5.41, 5.74) is 7.27. The number of nitrogens with two attached hydrogens (primary N) is 1. The maximum Gasteiger partial charge on any atom is 0.165 e. The van der Waals surface area contributed by atoms with Crippen molar-refractivity contribution in [3.05, 3.63) is 56.7 Å². The Balaban J connectivity index is 2.13. The largest absolute Gasteiger partial charge is 0.486 e. The molecular formula is C13H10Br2FNO. The molecular weight excluding hydrogens is 365 g/mol. The van der Waals surface area contributed by atoms with Gasteiger partial charge in [-0.2, -0.15) is 0 Å². The van der Waals surface area contributed by atoms with Crippen LogP contribution in [0.5, 0.6) is 5.75 Å². The highest BCUT2D eigenvalue weighted by Crippen LogP contribution is 2.25. The van der Waals surface area contributed by atoms with E-state index in [2.05, 4.69) is 31.9 Å². The number of anilines is 1. The first-order chi connectivity index (χ1) is 8.56. The van der Waals surface area contributed by atoms with Crippen molar-refractivity contribution in [1.82, 2.24) is 0 Å². The lowest BCUT2D eigenvalue weighted by atomic mass is 10.2. The highest BCUT2D eigenvalue weighted by Gasteiger charge is 2.06. The fourth-order valence-electron chi connectivity index (χ4n) is 1.44. The van der Waals surface area contributed by atoms with Crippen LogP contribution in [0.3, 0.4) is 0 Å². The normalized spacial score (nSPS) is 10.4. The van der Waals surface area contributed by atoms with E-state index in [0.29, 0.717) is 5.69 Å². The summed E-state index contributed by atoms with van der Waals surface area (Å²) >= 11 is 6.60. The molecule has 18 heavy (non-hydrogen) atoms. The summed E-state index contributed by atoms with van der Waals surface area (Å²) in [5, 5.41) is 0. The Kier molecular flexibility index (Phi) is 4.24. The van der Waals surface area contributed by atoms with Gasteiger partial charge in [-0.1, -0.05) is 37.9 Å².